The van der Waals surface area contributed by atoms with E-state index in [-0.39, 0.29) is 24.0 Å². The second kappa shape index (κ2) is 19.6. The quantitative estimate of drug-likeness (QED) is 0.101. The summed E-state index contributed by atoms with van der Waals surface area (Å²) in [5.41, 5.74) is 8.59. The lowest BCUT2D eigenvalue weighted by atomic mass is 10.0. The third-order valence-corrected chi connectivity index (χ3v) is 9.52. The van der Waals surface area contributed by atoms with Gasteiger partial charge in [-0.2, -0.15) is 0 Å². The van der Waals surface area contributed by atoms with Crippen molar-refractivity contribution in [1.29, 1.82) is 0 Å². The second-order valence-electron chi connectivity index (χ2n) is 13.8. The van der Waals surface area contributed by atoms with Gasteiger partial charge in [0, 0.05) is 41.5 Å². The maximum Gasteiger partial charge on any atom is 0.319 e. The zero-order valence-corrected chi connectivity index (χ0v) is 30.4. The summed E-state index contributed by atoms with van der Waals surface area (Å²) in [7, 11) is 0. The van der Waals surface area contributed by atoms with Gasteiger partial charge in [-0.05, 0) is 118 Å². The normalized spacial score (nSPS) is 23.3. The van der Waals surface area contributed by atoms with Gasteiger partial charge in [-0.25, -0.2) is 4.79 Å². The number of aromatic amines is 1. The van der Waals surface area contributed by atoms with Gasteiger partial charge in [0.2, 0.25) is 5.91 Å². The molecule has 1 saturated carbocycles. The largest absolute Gasteiger partial charge is 0.381 e. The monoisotopic (exact) mass is 689 g/mol. The Labute approximate surface area is 304 Å². The van der Waals surface area contributed by atoms with Crippen LogP contribution in [0.2, 0.25) is 0 Å². The van der Waals surface area contributed by atoms with Crippen LogP contribution in [0.1, 0.15) is 89.3 Å². The molecule has 3 atom stereocenters. The van der Waals surface area contributed by atoms with Crippen LogP contribution in [0.15, 0.2) is 108 Å². The molecular formula is C43H55N5O3. The number of nitrogens with zero attached hydrogens (tertiary/aromatic N) is 1. The van der Waals surface area contributed by atoms with Crippen molar-refractivity contribution in [3.05, 3.63) is 114 Å². The van der Waals surface area contributed by atoms with Gasteiger partial charge < -0.3 is 25.7 Å². The zero-order valence-electron chi connectivity index (χ0n) is 30.4. The Hall–Kier alpha value is -4.69. The molecule has 2 aromatic rings. The number of anilines is 1. The average Bonchev–Trinajstić information content (AvgIpc) is 3.35. The summed E-state index contributed by atoms with van der Waals surface area (Å²) in [5, 5.41) is 9.29. The highest BCUT2D eigenvalue weighted by Crippen LogP contribution is 2.28. The van der Waals surface area contributed by atoms with Gasteiger partial charge in [0.15, 0.2) is 0 Å². The number of H-pyrrole nitrogens is 1. The number of rotatable bonds is 12. The highest BCUT2D eigenvalue weighted by molar-refractivity contribution is 6.10. The lowest BCUT2D eigenvalue weighted by Gasteiger charge is -2.17. The lowest BCUT2D eigenvalue weighted by molar-refractivity contribution is -0.117. The van der Waals surface area contributed by atoms with Crippen molar-refractivity contribution in [2.75, 3.05) is 18.5 Å². The fourth-order valence-electron chi connectivity index (χ4n) is 6.84. The van der Waals surface area contributed by atoms with Gasteiger partial charge in [-0.15, -0.1) is 0 Å². The van der Waals surface area contributed by atoms with Gasteiger partial charge in [0.1, 0.15) is 0 Å². The number of hydrogen-bond donors (Lipinski definition) is 4. The Morgan fingerprint density at radius 2 is 1.94 bits per heavy atom. The number of carbonyl (C=O) groups excluding carboxylic acids is 2. The lowest BCUT2D eigenvalue weighted by Crippen LogP contribution is -2.37. The molecule has 1 aromatic heterocycles. The predicted octanol–water partition coefficient (Wildman–Crippen LogP) is 9.27. The average molecular weight is 690 g/mol. The molecule has 8 heteroatoms. The summed E-state index contributed by atoms with van der Waals surface area (Å²) in [6, 6.07) is 10.0. The first kappa shape index (κ1) is 37.6. The number of aryl methyl sites for hydroxylation is 1. The van der Waals surface area contributed by atoms with Crippen molar-refractivity contribution in [2.45, 2.75) is 96.6 Å². The molecule has 3 unspecified atom stereocenters. The smallest absolute Gasteiger partial charge is 0.319 e. The second-order valence-corrected chi connectivity index (χ2v) is 13.8. The third-order valence-electron chi connectivity index (χ3n) is 9.52. The van der Waals surface area contributed by atoms with Crippen LogP contribution in [0.25, 0.3) is 11.3 Å². The Bertz CT molecular complexity index is 1670. The van der Waals surface area contributed by atoms with Gasteiger partial charge in [0.05, 0.1) is 18.4 Å². The standard InChI is InChI=1S/C43H55N5O3/c1-4-25-51-26-10-8-14-39-38-30-41(48-40(38)15-7-6-9-24-44-39)34-19-22-36(23-20-34)46-43(50)47-37-27-31(3)16-17-33(29-37)28-32-12-11-13-35(21-18-32)45-42(49)5-2/h5,8-9,14,16-17,19-20,22-24,28-31,35,37,48H,2,4,6-7,10-13,15,18,21,25-27H2,1,3H3,(H,45,49)(H2,46,47,50)/b14-8+,24-9-,32-28+,44-39-. The topological polar surface area (TPSA) is 108 Å². The van der Waals surface area contributed by atoms with Gasteiger partial charge >= 0.3 is 6.03 Å². The highest BCUT2D eigenvalue weighted by atomic mass is 16.5. The molecule has 1 fully saturated rings. The van der Waals surface area contributed by atoms with E-state index in [0.29, 0.717) is 12.5 Å². The molecule has 2 heterocycles. The number of ether oxygens (including phenoxy) is 1. The number of aliphatic imine (C=N–C) groups is 1. The van der Waals surface area contributed by atoms with E-state index >= 15 is 0 Å². The van der Waals surface area contributed by atoms with Crippen molar-refractivity contribution >= 4 is 23.3 Å². The minimum absolute atomic E-state index is 0.0993. The first-order valence-corrected chi connectivity index (χ1v) is 18.8. The summed E-state index contributed by atoms with van der Waals surface area (Å²) in [6.45, 7) is 9.38. The maximum atomic E-state index is 13.2. The number of carbonyl (C=O) groups is 2. The molecular weight excluding hydrogens is 635 g/mol. The molecule has 3 aliphatic rings. The summed E-state index contributed by atoms with van der Waals surface area (Å²) in [4.78, 5) is 33.4. The van der Waals surface area contributed by atoms with Crippen LogP contribution < -0.4 is 16.0 Å². The van der Waals surface area contributed by atoms with Crippen molar-refractivity contribution < 1.29 is 14.3 Å². The number of allylic oxidation sites excluding steroid dienone is 7. The molecule has 1 aromatic carbocycles. The Morgan fingerprint density at radius 1 is 1.08 bits per heavy atom. The zero-order chi connectivity index (χ0) is 35.8. The maximum absolute atomic E-state index is 13.2. The van der Waals surface area contributed by atoms with E-state index in [1.54, 1.807) is 0 Å². The van der Waals surface area contributed by atoms with Gasteiger partial charge in [-0.3, -0.25) is 9.79 Å². The minimum atomic E-state index is -0.222. The summed E-state index contributed by atoms with van der Waals surface area (Å²) in [5.74, 6) is 0.227. The SMILES string of the molecule is C=CC(=O)NC1CCC/C(=C\C2=CC(NC(=O)Nc3ccc(-c4cc5c([nH]4)CCC\C=C/N=C5/C=C/CCOCCC)cc3)CC(C)C=C2)CC1. The molecule has 0 bridgehead atoms. The van der Waals surface area contributed by atoms with E-state index in [2.05, 4.69) is 90.0 Å². The molecule has 3 amide bonds. The van der Waals surface area contributed by atoms with E-state index in [1.165, 1.54) is 17.3 Å². The van der Waals surface area contributed by atoms with Crippen LogP contribution in [0.5, 0.6) is 0 Å². The molecule has 51 heavy (non-hydrogen) atoms. The van der Waals surface area contributed by atoms with Crippen LogP contribution in [0.4, 0.5) is 10.5 Å². The number of urea groups is 1. The molecule has 0 spiro atoms. The number of hydrogen-bond acceptors (Lipinski definition) is 4. The molecule has 4 N–H and O–H groups in total. The van der Waals surface area contributed by atoms with Crippen molar-refractivity contribution in [3.63, 3.8) is 0 Å². The van der Waals surface area contributed by atoms with Gasteiger partial charge in [0.25, 0.3) is 0 Å². The number of aromatic nitrogens is 1. The summed E-state index contributed by atoms with van der Waals surface area (Å²) >= 11 is 0. The third kappa shape index (κ3) is 12.0. The van der Waals surface area contributed by atoms with E-state index in [0.717, 1.165) is 111 Å². The molecule has 0 radical (unpaired) electrons. The molecule has 0 saturated heterocycles. The predicted molar refractivity (Wildman–Crippen MR) is 210 cm³/mol. The van der Waals surface area contributed by atoms with E-state index in [4.69, 9.17) is 9.73 Å². The Balaban J connectivity index is 1.21. The fourth-order valence-corrected chi connectivity index (χ4v) is 6.84. The fraction of sp³-hybridized carbons (Fsp3) is 0.419. The highest BCUT2D eigenvalue weighted by Gasteiger charge is 2.19. The van der Waals surface area contributed by atoms with Crippen LogP contribution in [0, 0.1) is 5.92 Å². The Kier molecular flexibility index (Phi) is 14.5. The van der Waals surface area contributed by atoms with Crippen LogP contribution in [-0.2, 0) is 16.0 Å². The number of benzene rings is 1. The number of nitrogens with one attached hydrogen (secondary N) is 4. The summed E-state index contributed by atoms with van der Waals surface area (Å²) in [6.07, 6.45) is 29.1. The van der Waals surface area contributed by atoms with Crippen molar-refractivity contribution in [1.82, 2.24) is 15.6 Å². The van der Waals surface area contributed by atoms with Crippen molar-refractivity contribution in [2.24, 2.45) is 10.9 Å². The molecule has 270 valence electrons. The Morgan fingerprint density at radius 3 is 2.76 bits per heavy atom. The van der Waals surface area contributed by atoms with E-state index in [1.807, 2.05) is 30.5 Å². The molecule has 2 aliphatic carbocycles. The number of fused-ring (bicyclic) bond motifs is 1. The first-order chi connectivity index (χ1) is 24.9. The van der Waals surface area contributed by atoms with Crippen LogP contribution >= 0.6 is 0 Å². The first-order valence-electron chi connectivity index (χ1n) is 18.8. The van der Waals surface area contributed by atoms with Gasteiger partial charge in [-0.1, -0.05) is 74.6 Å². The molecule has 8 nitrogen and oxygen atoms in total. The van der Waals surface area contributed by atoms with E-state index in [9.17, 15) is 9.59 Å². The van der Waals surface area contributed by atoms with E-state index < -0.39 is 0 Å². The summed E-state index contributed by atoms with van der Waals surface area (Å²) < 4.78 is 5.64. The van der Waals surface area contributed by atoms with Crippen molar-refractivity contribution in [3.8, 4) is 11.3 Å². The minimum Gasteiger partial charge on any atom is -0.381 e. The van der Waals surface area contributed by atoms with Crippen LogP contribution in [0.3, 0.4) is 0 Å². The number of amides is 3. The molecule has 5 rings (SSSR count). The molecule has 1 aliphatic heterocycles. The van der Waals surface area contributed by atoms with Crippen LogP contribution in [-0.4, -0.2) is 47.9 Å².